The van der Waals surface area contributed by atoms with Crippen LogP contribution in [0.4, 0.5) is 11.4 Å². The van der Waals surface area contributed by atoms with Gasteiger partial charge < -0.3 is 20.4 Å². The lowest BCUT2D eigenvalue weighted by Gasteiger charge is -2.18. The predicted octanol–water partition coefficient (Wildman–Crippen LogP) is 1.15. The van der Waals surface area contributed by atoms with E-state index < -0.39 is 0 Å². The first-order valence-electron chi connectivity index (χ1n) is 13.8. The van der Waals surface area contributed by atoms with Gasteiger partial charge in [-0.2, -0.15) is 0 Å². The predicted molar refractivity (Wildman–Crippen MR) is 146 cm³/mol. The first-order chi connectivity index (χ1) is 19.7. The number of fused-ring (bicyclic) bond motifs is 4. The molecule has 2 N–H and O–H groups in total. The number of carbonyl (C=O) groups is 2. The first kappa shape index (κ1) is 23.5. The summed E-state index contributed by atoms with van der Waals surface area (Å²) in [5.74, 6) is 1.75. The van der Waals surface area contributed by atoms with Crippen LogP contribution in [0.1, 0.15) is 44.0 Å². The Bertz CT molecular complexity index is 1520. The fourth-order valence-electron chi connectivity index (χ4n) is 6.36. The van der Waals surface area contributed by atoms with Gasteiger partial charge in [0.1, 0.15) is 11.6 Å². The molecule has 2 aromatic carbocycles. The molecule has 0 unspecified atom stereocenters. The highest BCUT2D eigenvalue weighted by Crippen LogP contribution is 2.42. The molecule has 0 aliphatic carbocycles. The van der Waals surface area contributed by atoms with E-state index in [4.69, 9.17) is 0 Å². The summed E-state index contributed by atoms with van der Waals surface area (Å²) in [5.41, 5.74) is 6.27. The molecule has 2 aromatic heterocycles. The van der Waals surface area contributed by atoms with Crippen LogP contribution in [0.25, 0.3) is 11.1 Å². The van der Waals surface area contributed by atoms with Crippen LogP contribution in [0.2, 0.25) is 0 Å². The second-order valence-corrected chi connectivity index (χ2v) is 10.5. The Hall–Kier alpha value is -4.42. The number of nitrogens with zero attached hydrogens (tertiary/aromatic N) is 8. The van der Waals surface area contributed by atoms with Crippen molar-refractivity contribution in [2.24, 2.45) is 0 Å². The topological polar surface area (TPSA) is 126 Å². The SMILES string of the molecule is O=C(c1nc2n(n1)CCNC2)N1CCc2c(-c3cccc4c3CCN4C(=O)c3nc4n(n3)CCNC4)cccc21. The maximum atomic E-state index is 13.5. The standard InChI is InChI=1S/C28H28N10O2/c39-27(25-31-23-15-29-9-13-37(23)33-25)35-11-7-19-17(3-1-5-21(19)35)18-4-2-6-22-20(18)8-12-36(22)28(40)26-32-24-16-30-10-14-38(24)34-26/h1-6,29-30H,7-16H2. The summed E-state index contributed by atoms with van der Waals surface area (Å²) >= 11 is 0. The van der Waals surface area contributed by atoms with Crippen LogP contribution in [-0.4, -0.2) is 67.5 Å². The van der Waals surface area contributed by atoms with Crippen LogP contribution < -0.4 is 20.4 Å². The van der Waals surface area contributed by atoms with E-state index >= 15 is 0 Å². The molecular weight excluding hydrogens is 508 g/mol. The van der Waals surface area contributed by atoms with Crippen LogP contribution in [-0.2, 0) is 39.0 Å². The van der Waals surface area contributed by atoms with Crippen LogP contribution in [0.3, 0.4) is 0 Å². The second kappa shape index (κ2) is 9.07. The fraction of sp³-hybridized carbons (Fsp3) is 0.357. The van der Waals surface area contributed by atoms with Gasteiger partial charge in [0.25, 0.3) is 11.8 Å². The molecule has 4 aromatic rings. The smallest absolute Gasteiger partial charge is 0.297 e. The van der Waals surface area contributed by atoms with Gasteiger partial charge in [0.15, 0.2) is 0 Å². The minimum Gasteiger partial charge on any atom is -0.308 e. The Morgan fingerprint density at radius 1 is 0.650 bits per heavy atom. The van der Waals surface area contributed by atoms with Crippen LogP contribution in [0, 0.1) is 0 Å². The van der Waals surface area contributed by atoms with Crippen molar-refractivity contribution in [2.45, 2.75) is 39.0 Å². The Kier molecular flexibility index (Phi) is 5.32. The van der Waals surface area contributed by atoms with E-state index in [0.717, 1.165) is 71.2 Å². The van der Waals surface area contributed by atoms with Gasteiger partial charge in [0.05, 0.1) is 26.2 Å². The molecule has 6 heterocycles. The number of amides is 2. The van der Waals surface area contributed by atoms with Crippen molar-refractivity contribution < 1.29 is 9.59 Å². The summed E-state index contributed by atoms with van der Waals surface area (Å²) < 4.78 is 3.64. The number of nitrogens with one attached hydrogen (secondary N) is 2. The zero-order valence-electron chi connectivity index (χ0n) is 21.9. The molecule has 0 bridgehead atoms. The van der Waals surface area contributed by atoms with E-state index in [0.29, 0.717) is 39.3 Å². The van der Waals surface area contributed by atoms with Gasteiger partial charge in [-0.1, -0.05) is 24.3 Å². The zero-order chi connectivity index (χ0) is 26.8. The van der Waals surface area contributed by atoms with E-state index in [9.17, 15) is 9.59 Å². The summed E-state index contributed by atoms with van der Waals surface area (Å²) in [7, 11) is 0. The highest BCUT2D eigenvalue weighted by molar-refractivity contribution is 6.07. The molecule has 0 radical (unpaired) electrons. The van der Waals surface area contributed by atoms with Crippen molar-refractivity contribution >= 4 is 23.2 Å². The largest absolute Gasteiger partial charge is 0.308 e. The van der Waals surface area contributed by atoms with E-state index in [-0.39, 0.29) is 23.5 Å². The molecule has 12 nitrogen and oxygen atoms in total. The Balaban J connectivity index is 1.11. The summed E-state index contributed by atoms with van der Waals surface area (Å²) in [6, 6.07) is 12.2. The Morgan fingerprint density at radius 3 is 1.57 bits per heavy atom. The molecule has 2 amide bonds. The molecule has 0 fully saturated rings. The van der Waals surface area contributed by atoms with Crippen molar-refractivity contribution in [3.8, 4) is 11.1 Å². The normalized spacial score (nSPS) is 17.4. The molecule has 4 aliphatic heterocycles. The van der Waals surface area contributed by atoms with E-state index in [2.05, 4.69) is 42.9 Å². The lowest BCUT2D eigenvalue weighted by molar-refractivity contribution is 0.0971. The van der Waals surface area contributed by atoms with Gasteiger partial charge in [-0.3, -0.25) is 9.59 Å². The number of hydrogen-bond donors (Lipinski definition) is 2. The lowest BCUT2D eigenvalue weighted by atomic mass is 9.93. The Morgan fingerprint density at radius 2 is 1.12 bits per heavy atom. The average molecular weight is 537 g/mol. The number of anilines is 2. The van der Waals surface area contributed by atoms with Crippen molar-refractivity contribution in [3.05, 3.63) is 70.8 Å². The summed E-state index contributed by atoms with van der Waals surface area (Å²) in [5, 5.41) is 15.5. The third-order valence-corrected chi connectivity index (χ3v) is 8.28. The average Bonchev–Trinajstić information content (AvgIpc) is 3.79. The van der Waals surface area contributed by atoms with Gasteiger partial charge in [-0.05, 0) is 47.2 Å². The fourth-order valence-corrected chi connectivity index (χ4v) is 6.36. The van der Waals surface area contributed by atoms with Gasteiger partial charge in [0.2, 0.25) is 11.6 Å². The minimum absolute atomic E-state index is 0.168. The molecule has 0 saturated heterocycles. The number of benzene rings is 2. The maximum Gasteiger partial charge on any atom is 0.297 e. The molecule has 0 saturated carbocycles. The lowest BCUT2D eigenvalue weighted by Crippen LogP contribution is -2.30. The van der Waals surface area contributed by atoms with Crippen molar-refractivity contribution in [2.75, 3.05) is 36.0 Å². The summed E-state index contributed by atoms with van der Waals surface area (Å²) in [6.07, 6.45) is 1.49. The van der Waals surface area contributed by atoms with Gasteiger partial charge in [-0.15, -0.1) is 10.2 Å². The molecule has 40 heavy (non-hydrogen) atoms. The number of carbonyl (C=O) groups excluding carboxylic acids is 2. The van der Waals surface area contributed by atoms with Crippen molar-refractivity contribution in [3.63, 3.8) is 0 Å². The molecule has 12 heteroatoms. The molecule has 4 aliphatic rings. The molecular formula is C28H28N10O2. The number of hydrogen-bond acceptors (Lipinski definition) is 8. The number of aromatic nitrogens is 6. The minimum atomic E-state index is -0.168. The van der Waals surface area contributed by atoms with Crippen molar-refractivity contribution in [1.82, 2.24) is 40.2 Å². The van der Waals surface area contributed by atoms with Crippen LogP contribution >= 0.6 is 0 Å². The highest BCUT2D eigenvalue weighted by atomic mass is 16.2. The third-order valence-electron chi connectivity index (χ3n) is 8.28. The van der Waals surface area contributed by atoms with E-state index in [1.54, 1.807) is 9.80 Å². The third kappa shape index (κ3) is 3.59. The molecule has 202 valence electrons. The Labute approximate surface area is 230 Å². The zero-order valence-corrected chi connectivity index (χ0v) is 21.9. The number of rotatable bonds is 3. The van der Waals surface area contributed by atoms with Gasteiger partial charge in [0, 0.05) is 37.6 Å². The maximum absolute atomic E-state index is 13.5. The summed E-state index contributed by atoms with van der Waals surface area (Å²) in [4.78, 5) is 39.6. The van der Waals surface area contributed by atoms with Gasteiger partial charge >= 0.3 is 0 Å². The quantitative estimate of drug-likeness (QED) is 0.400. The van der Waals surface area contributed by atoms with Crippen LogP contribution in [0.5, 0.6) is 0 Å². The van der Waals surface area contributed by atoms with E-state index in [1.165, 1.54) is 0 Å². The molecule has 0 spiro atoms. The first-order valence-corrected chi connectivity index (χ1v) is 13.8. The van der Waals surface area contributed by atoms with Gasteiger partial charge in [-0.25, -0.2) is 19.3 Å². The molecule has 0 atom stereocenters. The summed E-state index contributed by atoms with van der Waals surface area (Å²) in [6.45, 7) is 5.48. The highest BCUT2D eigenvalue weighted by Gasteiger charge is 2.34. The van der Waals surface area contributed by atoms with Crippen LogP contribution in [0.15, 0.2) is 36.4 Å². The van der Waals surface area contributed by atoms with Crippen molar-refractivity contribution in [1.29, 1.82) is 0 Å². The second-order valence-electron chi connectivity index (χ2n) is 10.5. The van der Waals surface area contributed by atoms with E-state index in [1.807, 2.05) is 33.6 Å². The monoisotopic (exact) mass is 536 g/mol. The molecule has 8 rings (SSSR count).